The van der Waals surface area contributed by atoms with Gasteiger partial charge in [0.05, 0.1) is 17.4 Å². The van der Waals surface area contributed by atoms with Crippen molar-refractivity contribution in [3.05, 3.63) is 71.3 Å². The number of carbonyl (C=O) groups excluding carboxylic acids is 4. The normalized spacial score (nSPS) is 17.8. The van der Waals surface area contributed by atoms with Crippen LogP contribution in [0.1, 0.15) is 58.7 Å². The number of pyridine rings is 1. The lowest BCUT2D eigenvalue weighted by Gasteiger charge is -2.29. The Hall–Kier alpha value is -4.41. The van der Waals surface area contributed by atoms with Crippen LogP contribution in [-0.4, -0.2) is 54.5 Å². The van der Waals surface area contributed by atoms with Gasteiger partial charge in [-0.2, -0.15) is 0 Å². The quantitative estimate of drug-likeness (QED) is 0.529. The lowest BCUT2D eigenvalue weighted by molar-refractivity contribution is -0.136. The number of nitrogens with zero attached hydrogens (tertiary/aromatic N) is 5. The molecule has 0 saturated carbocycles. The van der Waals surface area contributed by atoms with Crippen LogP contribution in [0.3, 0.4) is 0 Å². The number of nitrogens with one attached hydrogen (secondary N) is 2. The van der Waals surface area contributed by atoms with Crippen LogP contribution in [-0.2, 0) is 21.7 Å². The van der Waals surface area contributed by atoms with Crippen LogP contribution in [0.5, 0.6) is 0 Å². The van der Waals surface area contributed by atoms with Crippen molar-refractivity contribution in [2.75, 3.05) is 0 Å². The third-order valence-electron chi connectivity index (χ3n) is 6.33. The van der Waals surface area contributed by atoms with Gasteiger partial charge in [-0.15, -0.1) is 5.10 Å². The van der Waals surface area contributed by atoms with E-state index >= 15 is 0 Å². The first kappa shape index (κ1) is 22.4. The summed E-state index contributed by atoms with van der Waals surface area (Å²) in [6.45, 7) is 4.02. The largest absolute Gasteiger partial charge is 0.342 e. The third kappa shape index (κ3) is 4.16. The highest BCUT2D eigenvalue weighted by atomic mass is 16.2. The van der Waals surface area contributed by atoms with Crippen LogP contribution >= 0.6 is 0 Å². The molecule has 1 unspecified atom stereocenters. The second-order valence-electron chi connectivity index (χ2n) is 9.10. The standard InChI is InChI=1S/C24H23N7O4/c1-24(2,15-7-9-25-10-8-15)27-21(33)18-13-31(29-28-18)16-3-4-17-14(11-16)12-30(23(17)35)19-5-6-20(32)26-22(19)34/h3-4,7-11,13,19H,5-6,12H2,1-2H3,(H,27,33)(H,26,32,34). The molecule has 0 spiro atoms. The molecule has 0 radical (unpaired) electrons. The van der Waals surface area contributed by atoms with Gasteiger partial charge in [0.25, 0.3) is 11.8 Å². The van der Waals surface area contributed by atoms with Crippen LogP contribution in [0, 0.1) is 0 Å². The van der Waals surface area contributed by atoms with E-state index in [9.17, 15) is 19.2 Å². The molecule has 4 heterocycles. The average molecular weight is 473 g/mol. The van der Waals surface area contributed by atoms with Gasteiger partial charge < -0.3 is 10.2 Å². The fraction of sp³-hybridized carbons (Fsp3) is 0.292. The van der Waals surface area contributed by atoms with E-state index in [0.717, 1.165) is 11.1 Å². The molecule has 11 nitrogen and oxygen atoms in total. The van der Waals surface area contributed by atoms with Gasteiger partial charge in [-0.1, -0.05) is 5.21 Å². The molecule has 0 aliphatic carbocycles. The zero-order valence-electron chi connectivity index (χ0n) is 19.2. The zero-order chi connectivity index (χ0) is 24.7. The number of hydrogen-bond donors (Lipinski definition) is 2. The molecule has 1 saturated heterocycles. The molecule has 1 atom stereocenters. The number of aromatic nitrogens is 4. The van der Waals surface area contributed by atoms with Crippen LogP contribution in [0.15, 0.2) is 48.9 Å². The van der Waals surface area contributed by atoms with Gasteiger partial charge >= 0.3 is 0 Å². The predicted molar refractivity (Wildman–Crippen MR) is 122 cm³/mol. The number of hydrogen-bond acceptors (Lipinski definition) is 7. The summed E-state index contributed by atoms with van der Waals surface area (Å²) < 4.78 is 1.47. The van der Waals surface area contributed by atoms with Crippen molar-refractivity contribution >= 4 is 23.6 Å². The zero-order valence-corrected chi connectivity index (χ0v) is 19.2. The maximum atomic E-state index is 12.9. The Morgan fingerprint density at radius 1 is 1.14 bits per heavy atom. The molecule has 178 valence electrons. The van der Waals surface area contributed by atoms with Crippen LogP contribution in [0.2, 0.25) is 0 Å². The van der Waals surface area contributed by atoms with Gasteiger partial charge in [0.15, 0.2) is 5.69 Å². The number of rotatable bonds is 5. The van der Waals surface area contributed by atoms with Gasteiger partial charge in [-0.3, -0.25) is 29.5 Å². The Kier molecular flexibility index (Phi) is 5.39. The monoisotopic (exact) mass is 473 g/mol. The van der Waals surface area contributed by atoms with Crippen molar-refractivity contribution in [2.45, 2.75) is 44.8 Å². The fourth-order valence-corrected chi connectivity index (χ4v) is 4.39. The highest BCUT2D eigenvalue weighted by Crippen LogP contribution is 2.29. The second kappa shape index (κ2) is 8.42. The van der Waals surface area contributed by atoms with E-state index in [1.807, 2.05) is 26.0 Å². The summed E-state index contributed by atoms with van der Waals surface area (Å²) in [6, 6.07) is 8.16. The molecule has 1 aromatic carbocycles. The van der Waals surface area contributed by atoms with Crippen molar-refractivity contribution < 1.29 is 19.2 Å². The molecule has 2 N–H and O–H groups in total. The van der Waals surface area contributed by atoms with E-state index in [0.29, 0.717) is 17.7 Å². The van der Waals surface area contributed by atoms with E-state index < -0.39 is 17.5 Å². The van der Waals surface area contributed by atoms with E-state index in [2.05, 4.69) is 25.9 Å². The van der Waals surface area contributed by atoms with Gasteiger partial charge in [-0.25, -0.2) is 4.68 Å². The van der Waals surface area contributed by atoms with E-state index in [1.165, 1.54) is 15.8 Å². The lowest BCUT2D eigenvalue weighted by atomic mass is 9.95. The van der Waals surface area contributed by atoms with E-state index in [-0.39, 0.29) is 36.4 Å². The molecule has 2 aliphatic heterocycles. The highest BCUT2D eigenvalue weighted by molar-refractivity contribution is 6.05. The molecule has 0 bridgehead atoms. The number of imide groups is 1. The molecule has 35 heavy (non-hydrogen) atoms. The first-order valence-corrected chi connectivity index (χ1v) is 11.2. The number of amides is 4. The predicted octanol–water partition coefficient (Wildman–Crippen LogP) is 1.09. The Balaban J connectivity index is 1.32. The molecular formula is C24H23N7O4. The maximum absolute atomic E-state index is 12.9. The third-order valence-corrected chi connectivity index (χ3v) is 6.33. The molecule has 5 rings (SSSR count). The fourth-order valence-electron chi connectivity index (χ4n) is 4.39. The summed E-state index contributed by atoms with van der Waals surface area (Å²) >= 11 is 0. The minimum absolute atomic E-state index is 0.147. The van der Waals surface area contributed by atoms with Crippen molar-refractivity contribution in [1.82, 2.24) is 35.5 Å². The maximum Gasteiger partial charge on any atom is 0.274 e. The van der Waals surface area contributed by atoms with Crippen LogP contribution in [0.25, 0.3) is 5.69 Å². The van der Waals surface area contributed by atoms with Crippen molar-refractivity contribution in [3.63, 3.8) is 0 Å². The molecule has 3 aromatic rings. The first-order chi connectivity index (χ1) is 16.7. The Labute approximate surface area is 200 Å². The second-order valence-corrected chi connectivity index (χ2v) is 9.10. The van der Waals surface area contributed by atoms with Gasteiger partial charge in [0.2, 0.25) is 11.8 Å². The molecule has 1 fully saturated rings. The number of fused-ring (bicyclic) bond motifs is 1. The Morgan fingerprint density at radius 2 is 1.91 bits per heavy atom. The smallest absolute Gasteiger partial charge is 0.274 e. The summed E-state index contributed by atoms with van der Waals surface area (Å²) in [5, 5.41) is 13.3. The van der Waals surface area contributed by atoms with Crippen LogP contribution < -0.4 is 10.6 Å². The number of piperidine rings is 1. The molecule has 4 amide bonds. The minimum atomic E-state index is -0.679. The summed E-state index contributed by atoms with van der Waals surface area (Å²) in [5.41, 5.74) is 2.26. The van der Waals surface area contributed by atoms with Crippen molar-refractivity contribution in [2.24, 2.45) is 0 Å². The first-order valence-electron chi connectivity index (χ1n) is 11.2. The number of benzene rings is 1. The van der Waals surface area contributed by atoms with E-state index in [1.54, 1.807) is 30.6 Å². The molecular weight excluding hydrogens is 450 g/mol. The van der Waals surface area contributed by atoms with Crippen LogP contribution in [0.4, 0.5) is 0 Å². The highest BCUT2D eigenvalue weighted by Gasteiger charge is 2.39. The SMILES string of the molecule is CC(C)(NC(=O)c1cn(-c2ccc3c(c2)CN(C2CCC(=O)NC2=O)C3=O)nn1)c1ccncc1. The molecule has 11 heteroatoms. The molecule has 2 aromatic heterocycles. The Morgan fingerprint density at radius 3 is 2.66 bits per heavy atom. The topological polar surface area (TPSA) is 139 Å². The average Bonchev–Trinajstić information content (AvgIpc) is 3.45. The van der Waals surface area contributed by atoms with Gasteiger partial charge in [0, 0.05) is 30.9 Å². The summed E-state index contributed by atoms with van der Waals surface area (Å²) in [5.74, 6) is -1.41. The Bertz CT molecular complexity index is 1350. The summed E-state index contributed by atoms with van der Waals surface area (Å²) in [6.07, 6.45) is 5.35. The molecule has 2 aliphatic rings. The lowest BCUT2D eigenvalue weighted by Crippen LogP contribution is -2.52. The minimum Gasteiger partial charge on any atom is -0.342 e. The summed E-state index contributed by atoms with van der Waals surface area (Å²) in [4.78, 5) is 54.9. The van der Waals surface area contributed by atoms with Crippen molar-refractivity contribution in [1.29, 1.82) is 0 Å². The summed E-state index contributed by atoms with van der Waals surface area (Å²) in [7, 11) is 0. The van der Waals surface area contributed by atoms with E-state index in [4.69, 9.17) is 0 Å². The van der Waals surface area contributed by atoms with Gasteiger partial charge in [0.1, 0.15) is 6.04 Å². The number of carbonyl (C=O) groups is 4. The van der Waals surface area contributed by atoms with Gasteiger partial charge in [-0.05, 0) is 61.7 Å². The van der Waals surface area contributed by atoms with Crippen molar-refractivity contribution in [3.8, 4) is 5.69 Å².